The Kier molecular flexibility index (Phi) is 1.94. The van der Waals surface area contributed by atoms with Crippen LogP contribution in [0.15, 0.2) is 12.2 Å². The highest BCUT2D eigenvalue weighted by molar-refractivity contribution is 6.06. The summed E-state index contributed by atoms with van der Waals surface area (Å²) in [7, 11) is 0. The van der Waals surface area contributed by atoms with Gasteiger partial charge >= 0.3 is 0 Å². The predicted molar refractivity (Wildman–Crippen MR) is 63.9 cm³/mol. The molecule has 0 aromatic carbocycles. The largest absolute Gasteiger partial charge is 0.296 e. The molecule has 1 saturated carbocycles. The second-order valence-electron chi connectivity index (χ2n) is 6.42. The van der Waals surface area contributed by atoms with Crippen molar-refractivity contribution in [2.75, 3.05) is 0 Å². The first kappa shape index (κ1) is 11.0. The number of imide groups is 1. The third kappa shape index (κ3) is 1.12. The van der Waals surface area contributed by atoms with Crippen molar-refractivity contribution in [2.45, 2.75) is 33.6 Å². The summed E-state index contributed by atoms with van der Waals surface area (Å²) in [6.45, 7) is 6.43. The monoisotopic (exact) mass is 233 g/mol. The molecule has 3 nitrogen and oxygen atoms in total. The van der Waals surface area contributed by atoms with E-state index in [4.69, 9.17) is 0 Å². The molecule has 0 spiro atoms. The number of allylic oxidation sites excluding steroid dienone is 2. The molecule has 0 aromatic rings. The van der Waals surface area contributed by atoms with Crippen LogP contribution < -0.4 is 5.32 Å². The van der Waals surface area contributed by atoms with Gasteiger partial charge in [-0.05, 0) is 24.2 Å². The van der Waals surface area contributed by atoms with E-state index >= 15 is 0 Å². The molecule has 4 atom stereocenters. The molecule has 4 unspecified atom stereocenters. The minimum Gasteiger partial charge on any atom is -0.296 e. The molecule has 4 rings (SSSR count). The minimum absolute atomic E-state index is 0.0519. The van der Waals surface area contributed by atoms with Crippen molar-refractivity contribution in [1.82, 2.24) is 5.32 Å². The standard InChI is InChI=1S/C14H19NO2/c1-8(2)14-6-4-13(3,5-7-14)9-10(14)12(17)15-11(9)16/h4,6,8-10H,5,7H2,1-3H3,(H,15,16,17). The highest BCUT2D eigenvalue weighted by Gasteiger charge is 2.64. The molecule has 4 aliphatic rings. The van der Waals surface area contributed by atoms with E-state index in [1.807, 2.05) is 0 Å². The lowest BCUT2D eigenvalue weighted by molar-refractivity contribution is -0.135. The molecule has 1 aliphatic heterocycles. The molecule has 3 heteroatoms. The molecule has 0 radical (unpaired) electrons. The molecule has 92 valence electrons. The van der Waals surface area contributed by atoms with Gasteiger partial charge < -0.3 is 0 Å². The highest BCUT2D eigenvalue weighted by atomic mass is 16.2. The Labute approximate surface area is 102 Å². The maximum atomic E-state index is 12.1. The lowest BCUT2D eigenvalue weighted by Crippen LogP contribution is -2.53. The summed E-state index contributed by atoms with van der Waals surface area (Å²) in [5.41, 5.74) is -0.212. The number of carbonyl (C=O) groups is 2. The number of hydrogen-bond acceptors (Lipinski definition) is 2. The van der Waals surface area contributed by atoms with Crippen molar-refractivity contribution in [1.29, 1.82) is 0 Å². The second-order valence-corrected chi connectivity index (χ2v) is 6.42. The van der Waals surface area contributed by atoms with E-state index in [1.54, 1.807) is 0 Å². The Morgan fingerprint density at radius 2 is 1.82 bits per heavy atom. The Balaban J connectivity index is 2.18. The SMILES string of the molecule is CC(C)C12C=CC(C)(CC1)C1C(=O)NC(=O)C12. The number of amides is 2. The van der Waals surface area contributed by atoms with E-state index < -0.39 is 0 Å². The van der Waals surface area contributed by atoms with E-state index in [0.29, 0.717) is 5.92 Å². The van der Waals surface area contributed by atoms with Crippen LogP contribution in [0.4, 0.5) is 0 Å². The third-order valence-electron chi connectivity index (χ3n) is 5.38. The van der Waals surface area contributed by atoms with E-state index in [9.17, 15) is 9.59 Å². The fraction of sp³-hybridized carbons (Fsp3) is 0.714. The van der Waals surface area contributed by atoms with Gasteiger partial charge in [0.15, 0.2) is 0 Å². The van der Waals surface area contributed by atoms with E-state index in [0.717, 1.165) is 12.8 Å². The maximum Gasteiger partial charge on any atom is 0.231 e. The van der Waals surface area contributed by atoms with Gasteiger partial charge in [0.1, 0.15) is 0 Å². The minimum atomic E-state index is -0.142. The van der Waals surface area contributed by atoms with Gasteiger partial charge in [0.25, 0.3) is 0 Å². The third-order valence-corrected chi connectivity index (χ3v) is 5.38. The zero-order valence-electron chi connectivity index (χ0n) is 10.6. The molecule has 2 bridgehead atoms. The van der Waals surface area contributed by atoms with Crippen molar-refractivity contribution in [3.8, 4) is 0 Å². The Morgan fingerprint density at radius 3 is 2.35 bits per heavy atom. The van der Waals surface area contributed by atoms with E-state index in [1.165, 1.54) is 0 Å². The predicted octanol–water partition coefficient (Wildman–Crippen LogP) is 1.89. The van der Waals surface area contributed by atoms with Crippen molar-refractivity contribution in [2.24, 2.45) is 28.6 Å². The van der Waals surface area contributed by atoms with Crippen LogP contribution in [0.5, 0.6) is 0 Å². The van der Waals surface area contributed by atoms with Crippen LogP contribution in [0.25, 0.3) is 0 Å². The Morgan fingerprint density at radius 1 is 1.18 bits per heavy atom. The normalized spacial score (nSPS) is 47.5. The average molecular weight is 233 g/mol. The quantitative estimate of drug-likeness (QED) is 0.555. The second kappa shape index (κ2) is 3.01. The molecular formula is C14H19NO2. The Bertz CT molecular complexity index is 440. The van der Waals surface area contributed by atoms with Crippen LogP contribution in [0.3, 0.4) is 0 Å². The van der Waals surface area contributed by atoms with Crippen molar-refractivity contribution >= 4 is 11.8 Å². The summed E-state index contributed by atoms with van der Waals surface area (Å²) >= 11 is 0. The van der Waals surface area contributed by atoms with Crippen LogP contribution in [-0.4, -0.2) is 11.8 Å². The fourth-order valence-corrected chi connectivity index (χ4v) is 4.17. The molecule has 2 fully saturated rings. The maximum absolute atomic E-state index is 12.1. The fourth-order valence-electron chi connectivity index (χ4n) is 4.17. The molecule has 1 heterocycles. The van der Waals surface area contributed by atoms with E-state index in [-0.39, 0.29) is 34.5 Å². The zero-order chi connectivity index (χ0) is 12.4. The molecule has 0 aromatic heterocycles. The van der Waals surface area contributed by atoms with Gasteiger partial charge in [-0.1, -0.05) is 32.9 Å². The zero-order valence-corrected chi connectivity index (χ0v) is 10.6. The first-order valence-corrected chi connectivity index (χ1v) is 6.46. The van der Waals surface area contributed by atoms with Crippen molar-refractivity contribution in [3.63, 3.8) is 0 Å². The number of fused-ring (bicyclic) bond motifs is 1. The summed E-state index contributed by atoms with van der Waals surface area (Å²) in [6, 6.07) is 0. The van der Waals surface area contributed by atoms with Gasteiger partial charge in [-0.15, -0.1) is 0 Å². The van der Waals surface area contributed by atoms with Crippen LogP contribution in [0, 0.1) is 28.6 Å². The summed E-state index contributed by atoms with van der Waals surface area (Å²) < 4.78 is 0. The summed E-state index contributed by atoms with van der Waals surface area (Å²) in [4.78, 5) is 24.1. The van der Waals surface area contributed by atoms with Crippen LogP contribution in [-0.2, 0) is 9.59 Å². The van der Waals surface area contributed by atoms with Crippen molar-refractivity contribution < 1.29 is 9.59 Å². The number of carbonyl (C=O) groups excluding carboxylic acids is 2. The summed E-state index contributed by atoms with van der Waals surface area (Å²) in [5.74, 6) is 0.00296. The van der Waals surface area contributed by atoms with Gasteiger partial charge in [-0.25, -0.2) is 0 Å². The van der Waals surface area contributed by atoms with E-state index in [2.05, 4.69) is 38.2 Å². The van der Waals surface area contributed by atoms with Crippen molar-refractivity contribution in [3.05, 3.63) is 12.2 Å². The van der Waals surface area contributed by atoms with Gasteiger partial charge in [0, 0.05) is 5.41 Å². The molecule has 3 aliphatic carbocycles. The number of hydrogen-bond donors (Lipinski definition) is 1. The number of nitrogens with one attached hydrogen (secondary N) is 1. The van der Waals surface area contributed by atoms with Gasteiger partial charge in [0.05, 0.1) is 11.8 Å². The highest BCUT2D eigenvalue weighted by Crippen LogP contribution is 2.62. The number of rotatable bonds is 1. The molecule has 1 N–H and O–H groups in total. The first-order valence-electron chi connectivity index (χ1n) is 6.46. The average Bonchev–Trinajstić information content (AvgIpc) is 2.58. The Hall–Kier alpha value is -1.12. The van der Waals surface area contributed by atoms with Crippen LogP contribution in [0.2, 0.25) is 0 Å². The van der Waals surface area contributed by atoms with Gasteiger partial charge in [-0.3, -0.25) is 14.9 Å². The molecular weight excluding hydrogens is 214 g/mol. The topological polar surface area (TPSA) is 46.2 Å². The smallest absolute Gasteiger partial charge is 0.231 e. The lowest BCUT2D eigenvalue weighted by atomic mass is 9.46. The van der Waals surface area contributed by atoms with Crippen LogP contribution in [0.1, 0.15) is 33.6 Å². The lowest BCUT2D eigenvalue weighted by Gasteiger charge is -2.55. The summed E-state index contributed by atoms with van der Waals surface area (Å²) in [6.07, 6.45) is 6.46. The molecule has 17 heavy (non-hydrogen) atoms. The van der Waals surface area contributed by atoms with Gasteiger partial charge in [-0.2, -0.15) is 0 Å². The van der Waals surface area contributed by atoms with Crippen LogP contribution >= 0.6 is 0 Å². The summed E-state index contributed by atoms with van der Waals surface area (Å²) in [5, 5.41) is 2.55. The first-order chi connectivity index (χ1) is 7.91. The van der Waals surface area contributed by atoms with Gasteiger partial charge in [0.2, 0.25) is 11.8 Å². The molecule has 2 amide bonds. The molecule has 1 saturated heterocycles.